The molecule has 3 amide bonds. The highest BCUT2D eigenvalue weighted by atomic mass is 32.2. The Hall–Kier alpha value is -3.20. The first-order valence-electron chi connectivity index (χ1n) is 9.74. The van der Waals surface area contributed by atoms with Crippen LogP contribution in [0.4, 0.5) is 11.4 Å². The molecule has 2 aromatic rings. The van der Waals surface area contributed by atoms with E-state index in [1.54, 1.807) is 29.2 Å². The Morgan fingerprint density at radius 3 is 2.10 bits per heavy atom. The molecule has 0 unspecified atom stereocenters. The topological polar surface area (TPSA) is 104 Å². The predicted octanol–water partition coefficient (Wildman–Crippen LogP) is 2.38. The fourth-order valence-electron chi connectivity index (χ4n) is 3.69. The smallest absolute Gasteiger partial charge is 0.261 e. The maximum atomic E-state index is 12.9. The molecule has 2 aliphatic rings. The van der Waals surface area contributed by atoms with Gasteiger partial charge in [-0.3, -0.25) is 24.0 Å². The lowest BCUT2D eigenvalue weighted by Gasteiger charge is -2.18. The van der Waals surface area contributed by atoms with Gasteiger partial charge in [-0.05, 0) is 49.2 Å². The van der Waals surface area contributed by atoms with Gasteiger partial charge in [-0.15, -0.1) is 0 Å². The lowest BCUT2D eigenvalue weighted by molar-refractivity contribution is -0.121. The van der Waals surface area contributed by atoms with E-state index in [9.17, 15) is 22.8 Å². The van der Waals surface area contributed by atoms with Gasteiger partial charge in [-0.2, -0.15) is 0 Å². The summed E-state index contributed by atoms with van der Waals surface area (Å²) < 4.78 is 28.2. The van der Waals surface area contributed by atoms with Crippen LogP contribution in [0.3, 0.4) is 0 Å². The fraction of sp³-hybridized carbons (Fsp3) is 0.286. The van der Waals surface area contributed by atoms with Crippen molar-refractivity contribution in [2.75, 3.05) is 22.7 Å². The minimum Gasteiger partial charge on any atom is -0.339 e. The Labute approximate surface area is 174 Å². The Bertz CT molecular complexity index is 1090. The van der Waals surface area contributed by atoms with Crippen molar-refractivity contribution in [2.24, 2.45) is 0 Å². The van der Waals surface area contributed by atoms with Crippen molar-refractivity contribution in [3.05, 3.63) is 54.1 Å². The zero-order valence-corrected chi connectivity index (χ0v) is 17.0. The quantitative estimate of drug-likeness (QED) is 0.738. The molecule has 2 aromatic carbocycles. The molecule has 2 saturated heterocycles. The number of likely N-dealkylation sites (tertiary alicyclic amines) is 1. The molecule has 8 nitrogen and oxygen atoms in total. The average molecular weight is 427 g/mol. The Balaban J connectivity index is 1.57. The molecule has 0 aliphatic carbocycles. The van der Waals surface area contributed by atoms with Crippen molar-refractivity contribution in [1.82, 2.24) is 4.90 Å². The molecule has 30 heavy (non-hydrogen) atoms. The number of rotatable bonds is 5. The molecule has 2 heterocycles. The lowest BCUT2D eigenvalue weighted by atomic mass is 10.1. The number of benzene rings is 2. The van der Waals surface area contributed by atoms with E-state index in [0.29, 0.717) is 24.3 Å². The van der Waals surface area contributed by atoms with Crippen LogP contribution in [0.5, 0.6) is 0 Å². The number of para-hydroxylation sites is 1. The molecule has 9 heteroatoms. The van der Waals surface area contributed by atoms with E-state index in [1.165, 1.54) is 24.3 Å². The minimum absolute atomic E-state index is 0.0335. The molecule has 2 fully saturated rings. The van der Waals surface area contributed by atoms with Crippen molar-refractivity contribution in [1.29, 1.82) is 0 Å². The van der Waals surface area contributed by atoms with E-state index >= 15 is 0 Å². The number of nitrogens with zero attached hydrogens (tertiary/aromatic N) is 2. The second kappa shape index (κ2) is 7.91. The van der Waals surface area contributed by atoms with E-state index in [-0.39, 0.29) is 41.1 Å². The normalized spacial score (nSPS) is 16.9. The van der Waals surface area contributed by atoms with Gasteiger partial charge in [0.05, 0.1) is 21.8 Å². The summed E-state index contributed by atoms with van der Waals surface area (Å²) in [6, 6.07) is 12.0. The first kappa shape index (κ1) is 20.1. The molecule has 4 rings (SSSR count). The Kier molecular flexibility index (Phi) is 5.29. The second-order valence-electron chi connectivity index (χ2n) is 7.27. The summed E-state index contributed by atoms with van der Waals surface area (Å²) in [5, 5.41) is 0. The summed E-state index contributed by atoms with van der Waals surface area (Å²) in [5.41, 5.74) is 0.849. The van der Waals surface area contributed by atoms with Crippen molar-refractivity contribution in [3.8, 4) is 0 Å². The SMILES string of the molecule is O=C(c1ccccc1NS(=O)(=O)c1ccc(N2C(=O)CCC2=O)cc1)N1CCCC1. The van der Waals surface area contributed by atoms with E-state index in [1.807, 2.05) is 0 Å². The molecule has 156 valence electrons. The number of nitrogens with one attached hydrogen (secondary N) is 1. The van der Waals surface area contributed by atoms with Gasteiger partial charge >= 0.3 is 0 Å². The van der Waals surface area contributed by atoms with Crippen LogP contribution in [0.2, 0.25) is 0 Å². The van der Waals surface area contributed by atoms with Crippen molar-refractivity contribution in [3.63, 3.8) is 0 Å². The summed E-state index contributed by atoms with van der Waals surface area (Å²) in [4.78, 5) is 39.2. The summed E-state index contributed by atoms with van der Waals surface area (Å²) in [5.74, 6) is -0.807. The maximum absolute atomic E-state index is 12.9. The van der Waals surface area contributed by atoms with Crippen LogP contribution in [-0.2, 0) is 19.6 Å². The molecule has 0 bridgehead atoms. The van der Waals surface area contributed by atoms with E-state index in [4.69, 9.17) is 0 Å². The number of hydrogen-bond donors (Lipinski definition) is 1. The third-order valence-electron chi connectivity index (χ3n) is 5.25. The molecule has 1 N–H and O–H groups in total. The van der Waals surface area contributed by atoms with Gasteiger partial charge in [0.15, 0.2) is 0 Å². The zero-order valence-electron chi connectivity index (χ0n) is 16.2. The van der Waals surface area contributed by atoms with Gasteiger partial charge in [0.1, 0.15) is 0 Å². The van der Waals surface area contributed by atoms with Crippen LogP contribution < -0.4 is 9.62 Å². The van der Waals surface area contributed by atoms with Crippen molar-refractivity contribution >= 4 is 39.1 Å². The van der Waals surface area contributed by atoms with Gasteiger partial charge in [-0.25, -0.2) is 8.42 Å². The molecular formula is C21H21N3O5S. The van der Waals surface area contributed by atoms with Crippen LogP contribution in [0.25, 0.3) is 0 Å². The number of carbonyl (C=O) groups is 3. The van der Waals surface area contributed by atoms with Crippen LogP contribution in [0.15, 0.2) is 53.4 Å². The monoisotopic (exact) mass is 427 g/mol. The van der Waals surface area contributed by atoms with E-state index < -0.39 is 10.0 Å². The van der Waals surface area contributed by atoms with Gasteiger partial charge in [0, 0.05) is 25.9 Å². The first-order chi connectivity index (χ1) is 14.4. The summed E-state index contributed by atoms with van der Waals surface area (Å²) >= 11 is 0. The standard InChI is InChI=1S/C21H21N3O5S/c25-19-11-12-20(26)24(19)15-7-9-16(10-8-15)30(28,29)22-18-6-2-1-5-17(18)21(27)23-13-3-4-14-23/h1-2,5-10,22H,3-4,11-14H2. The molecule has 0 spiro atoms. The average Bonchev–Trinajstić information content (AvgIpc) is 3.38. The Morgan fingerprint density at radius 2 is 1.47 bits per heavy atom. The molecule has 0 aromatic heterocycles. The Morgan fingerprint density at radius 1 is 0.867 bits per heavy atom. The number of carbonyl (C=O) groups excluding carboxylic acids is 3. The number of imide groups is 1. The van der Waals surface area contributed by atoms with Gasteiger partial charge in [0.2, 0.25) is 11.8 Å². The maximum Gasteiger partial charge on any atom is 0.261 e. The van der Waals surface area contributed by atoms with Crippen LogP contribution >= 0.6 is 0 Å². The minimum atomic E-state index is -3.97. The van der Waals surface area contributed by atoms with Crippen LogP contribution in [0, 0.1) is 0 Å². The highest BCUT2D eigenvalue weighted by molar-refractivity contribution is 7.92. The first-order valence-corrected chi connectivity index (χ1v) is 11.2. The molecule has 0 saturated carbocycles. The van der Waals surface area contributed by atoms with Gasteiger partial charge in [-0.1, -0.05) is 12.1 Å². The lowest BCUT2D eigenvalue weighted by Crippen LogP contribution is -2.29. The number of sulfonamides is 1. The highest BCUT2D eigenvalue weighted by Gasteiger charge is 2.30. The van der Waals surface area contributed by atoms with Crippen molar-refractivity contribution in [2.45, 2.75) is 30.6 Å². The third-order valence-corrected chi connectivity index (χ3v) is 6.63. The van der Waals surface area contributed by atoms with E-state index in [2.05, 4.69) is 4.72 Å². The van der Waals surface area contributed by atoms with Gasteiger partial charge in [0.25, 0.3) is 15.9 Å². The number of anilines is 2. The highest BCUT2D eigenvalue weighted by Crippen LogP contribution is 2.26. The van der Waals surface area contributed by atoms with Crippen LogP contribution in [-0.4, -0.2) is 44.1 Å². The summed E-state index contributed by atoms with van der Waals surface area (Å²) in [6.45, 7) is 1.32. The number of hydrogen-bond acceptors (Lipinski definition) is 5. The molecular weight excluding hydrogens is 406 g/mol. The van der Waals surface area contributed by atoms with Crippen LogP contribution in [0.1, 0.15) is 36.0 Å². The summed E-state index contributed by atoms with van der Waals surface area (Å²) in [6.07, 6.45) is 2.19. The van der Waals surface area contributed by atoms with Crippen molar-refractivity contribution < 1.29 is 22.8 Å². The van der Waals surface area contributed by atoms with Gasteiger partial charge < -0.3 is 4.90 Å². The zero-order chi connectivity index (χ0) is 21.3. The largest absolute Gasteiger partial charge is 0.339 e. The molecule has 2 aliphatic heterocycles. The molecule has 0 atom stereocenters. The van der Waals surface area contributed by atoms with E-state index in [0.717, 1.165) is 17.7 Å². The summed E-state index contributed by atoms with van der Waals surface area (Å²) in [7, 11) is -3.97. The third kappa shape index (κ3) is 3.80. The predicted molar refractivity (Wildman–Crippen MR) is 111 cm³/mol. The number of amides is 3. The fourth-order valence-corrected chi connectivity index (χ4v) is 4.77. The second-order valence-corrected chi connectivity index (χ2v) is 8.95. The molecule has 0 radical (unpaired) electrons.